The van der Waals surface area contributed by atoms with Crippen LogP contribution in [0.1, 0.15) is 36.7 Å². The first kappa shape index (κ1) is 19.2. The zero-order chi connectivity index (χ0) is 20.0. The number of aromatic nitrogens is 2. The maximum Gasteiger partial charge on any atom is 0.409 e. The Kier molecular flexibility index (Phi) is 5.04. The van der Waals surface area contributed by atoms with Crippen molar-refractivity contribution in [1.82, 2.24) is 14.9 Å². The van der Waals surface area contributed by atoms with Crippen molar-refractivity contribution in [2.45, 2.75) is 31.3 Å². The predicted octanol–water partition coefficient (Wildman–Crippen LogP) is 4.42. The minimum atomic E-state index is -1.32. The summed E-state index contributed by atoms with van der Waals surface area (Å²) >= 11 is 8.04. The van der Waals surface area contributed by atoms with Crippen LogP contribution in [-0.2, 0) is 4.79 Å². The lowest BCUT2D eigenvalue weighted by molar-refractivity contribution is -0.129. The minimum absolute atomic E-state index is 0.0268. The Hall–Kier alpha value is -2.14. The van der Waals surface area contributed by atoms with Gasteiger partial charge in [0.1, 0.15) is 5.82 Å². The summed E-state index contributed by atoms with van der Waals surface area (Å²) in [5, 5.41) is 11.1. The van der Waals surface area contributed by atoms with Crippen LogP contribution in [0.2, 0.25) is 5.02 Å². The highest BCUT2D eigenvalue weighted by Crippen LogP contribution is 2.44. The molecule has 1 aromatic carbocycles. The number of H-pyrrole nitrogens is 1. The number of carbonyl (C=O) groups excluding carboxylic acids is 1. The monoisotopic (exact) mass is 516 g/mol. The quantitative estimate of drug-likeness (QED) is 0.526. The van der Waals surface area contributed by atoms with Gasteiger partial charge < -0.3 is 15.0 Å². The summed E-state index contributed by atoms with van der Waals surface area (Å²) in [6.07, 6.45) is 3.66. The van der Waals surface area contributed by atoms with Crippen molar-refractivity contribution in [3.63, 3.8) is 0 Å². The summed E-state index contributed by atoms with van der Waals surface area (Å²) in [6.45, 7) is 0. The molecule has 146 valence electrons. The fraction of sp³-hybridized carbons (Fsp3) is 0.278. The minimum Gasteiger partial charge on any atom is -0.465 e. The molecule has 1 aromatic heterocycles. The van der Waals surface area contributed by atoms with E-state index in [-0.39, 0.29) is 34.3 Å². The van der Waals surface area contributed by atoms with Crippen LogP contribution in [0.3, 0.4) is 0 Å². The van der Waals surface area contributed by atoms with Gasteiger partial charge in [0, 0.05) is 17.7 Å². The molecule has 2 aliphatic heterocycles. The smallest absolute Gasteiger partial charge is 0.409 e. The zero-order valence-corrected chi connectivity index (χ0v) is 17.3. The average molecular weight is 517 g/mol. The summed E-state index contributed by atoms with van der Waals surface area (Å²) in [4.78, 5) is 33.3. The molecule has 0 bridgehead atoms. The molecule has 2 aliphatic rings. The van der Waals surface area contributed by atoms with Crippen LogP contribution in [0.4, 0.5) is 14.9 Å². The van der Waals surface area contributed by atoms with Crippen LogP contribution in [0.25, 0.3) is 5.57 Å². The molecule has 1 fully saturated rings. The fourth-order valence-electron chi connectivity index (χ4n) is 3.96. The van der Waals surface area contributed by atoms with Gasteiger partial charge in [-0.3, -0.25) is 10.1 Å². The van der Waals surface area contributed by atoms with Crippen LogP contribution < -0.4 is 5.32 Å². The average Bonchev–Trinajstić information content (AvgIpc) is 3.24. The first-order valence-corrected chi connectivity index (χ1v) is 10.0. The van der Waals surface area contributed by atoms with E-state index in [0.29, 0.717) is 12.0 Å². The number of amides is 2. The van der Waals surface area contributed by atoms with Gasteiger partial charge in [0.2, 0.25) is 5.91 Å². The Bertz CT molecular complexity index is 1010. The fourth-order valence-corrected chi connectivity index (χ4v) is 4.54. The van der Waals surface area contributed by atoms with Crippen molar-refractivity contribution in [3.8, 4) is 0 Å². The molecule has 2 atom stereocenters. The number of carbonyl (C=O) groups is 2. The number of hydrogen-bond acceptors (Lipinski definition) is 3. The SMILES string of the molecule is O=C(O)Nc1ccc(Cl)c(F)c1C1=CC(=O)N2C(CC[C@H]2c2ncc(I)[nH]2)C1. The third-order valence-corrected chi connectivity index (χ3v) is 5.89. The van der Waals surface area contributed by atoms with Crippen LogP contribution in [0, 0.1) is 9.52 Å². The number of nitrogens with one attached hydrogen (secondary N) is 2. The molecule has 3 N–H and O–H groups in total. The Morgan fingerprint density at radius 2 is 2.21 bits per heavy atom. The number of fused-ring (bicyclic) bond motifs is 1. The number of rotatable bonds is 3. The Labute approximate surface area is 178 Å². The summed E-state index contributed by atoms with van der Waals surface area (Å²) < 4.78 is 15.7. The number of carboxylic acid groups (broad SMARTS) is 1. The molecule has 1 saturated heterocycles. The predicted molar refractivity (Wildman–Crippen MR) is 110 cm³/mol. The van der Waals surface area contributed by atoms with E-state index in [9.17, 15) is 14.0 Å². The van der Waals surface area contributed by atoms with Crippen molar-refractivity contribution < 1.29 is 19.1 Å². The van der Waals surface area contributed by atoms with Crippen molar-refractivity contribution in [2.24, 2.45) is 0 Å². The van der Waals surface area contributed by atoms with Gasteiger partial charge in [-0.15, -0.1) is 0 Å². The summed E-state index contributed by atoms with van der Waals surface area (Å²) in [6, 6.07) is 2.42. The molecule has 7 nitrogen and oxygen atoms in total. The van der Waals surface area contributed by atoms with Gasteiger partial charge in [0.25, 0.3) is 0 Å². The van der Waals surface area contributed by atoms with E-state index in [1.807, 2.05) is 0 Å². The molecule has 3 heterocycles. The van der Waals surface area contributed by atoms with Crippen LogP contribution >= 0.6 is 34.2 Å². The van der Waals surface area contributed by atoms with E-state index in [1.54, 1.807) is 11.1 Å². The van der Waals surface area contributed by atoms with E-state index < -0.39 is 11.9 Å². The van der Waals surface area contributed by atoms with Gasteiger partial charge in [-0.2, -0.15) is 0 Å². The molecule has 4 rings (SSSR count). The third kappa shape index (κ3) is 3.37. The summed E-state index contributed by atoms with van der Waals surface area (Å²) in [5.41, 5.74) is 0.528. The Morgan fingerprint density at radius 3 is 2.89 bits per heavy atom. The summed E-state index contributed by atoms with van der Waals surface area (Å²) in [7, 11) is 0. The number of benzene rings is 1. The second-order valence-corrected chi connectivity index (χ2v) is 8.27. The normalized spacial score (nSPS) is 21.5. The lowest BCUT2D eigenvalue weighted by Crippen LogP contribution is -2.39. The summed E-state index contributed by atoms with van der Waals surface area (Å²) in [5.74, 6) is -0.254. The van der Waals surface area contributed by atoms with Gasteiger partial charge in [-0.25, -0.2) is 14.2 Å². The van der Waals surface area contributed by atoms with Crippen LogP contribution in [0.15, 0.2) is 24.4 Å². The van der Waals surface area contributed by atoms with Crippen molar-refractivity contribution >= 4 is 57.5 Å². The molecule has 0 radical (unpaired) electrons. The Balaban J connectivity index is 1.71. The number of hydrogen-bond donors (Lipinski definition) is 3. The highest BCUT2D eigenvalue weighted by Gasteiger charge is 2.42. The molecular weight excluding hydrogens is 502 g/mol. The van der Waals surface area contributed by atoms with E-state index >= 15 is 0 Å². The molecule has 2 aromatic rings. The van der Waals surface area contributed by atoms with Crippen molar-refractivity contribution in [3.05, 3.63) is 50.3 Å². The van der Waals surface area contributed by atoms with E-state index in [2.05, 4.69) is 37.9 Å². The molecule has 0 spiro atoms. The molecule has 28 heavy (non-hydrogen) atoms. The molecule has 0 saturated carbocycles. The van der Waals surface area contributed by atoms with Crippen molar-refractivity contribution in [2.75, 3.05) is 5.32 Å². The standard InChI is InChI=1S/C18H15ClFIN4O3/c19-10-2-3-11(23-18(27)28)15(16(10)20)8-5-9-1-4-12(25(9)14(26)6-8)17-22-7-13(21)24-17/h2-3,6-7,9,12,23H,1,4-5H2,(H,22,24)(H,27,28)/t9?,12-/m0/s1. The highest BCUT2D eigenvalue weighted by atomic mass is 127. The zero-order valence-electron chi connectivity index (χ0n) is 14.4. The van der Waals surface area contributed by atoms with Gasteiger partial charge in [0.15, 0.2) is 5.82 Å². The lowest BCUT2D eigenvalue weighted by Gasteiger charge is -2.33. The first-order chi connectivity index (χ1) is 13.3. The molecule has 0 aliphatic carbocycles. The topological polar surface area (TPSA) is 98.3 Å². The molecule has 1 unspecified atom stereocenters. The van der Waals surface area contributed by atoms with E-state index in [1.165, 1.54) is 18.2 Å². The second-order valence-electron chi connectivity index (χ2n) is 6.70. The van der Waals surface area contributed by atoms with Gasteiger partial charge in [0.05, 0.1) is 26.6 Å². The lowest BCUT2D eigenvalue weighted by atomic mass is 9.92. The maximum atomic E-state index is 14.8. The van der Waals surface area contributed by atoms with Gasteiger partial charge in [-0.05, 0) is 59.6 Å². The number of anilines is 1. The largest absolute Gasteiger partial charge is 0.465 e. The van der Waals surface area contributed by atoms with E-state index in [4.69, 9.17) is 16.7 Å². The van der Waals surface area contributed by atoms with E-state index in [0.717, 1.165) is 22.4 Å². The van der Waals surface area contributed by atoms with Gasteiger partial charge >= 0.3 is 6.09 Å². The number of aromatic amines is 1. The highest BCUT2D eigenvalue weighted by molar-refractivity contribution is 14.1. The van der Waals surface area contributed by atoms with Crippen LogP contribution in [-0.4, -0.2) is 38.0 Å². The van der Waals surface area contributed by atoms with Crippen LogP contribution in [0.5, 0.6) is 0 Å². The number of halogens is 3. The van der Waals surface area contributed by atoms with Gasteiger partial charge in [-0.1, -0.05) is 11.6 Å². The molecular formula is C18H15ClFIN4O3. The Morgan fingerprint density at radius 1 is 1.43 bits per heavy atom. The number of nitrogens with zero attached hydrogens (tertiary/aromatic N) is 2. The second kappa shape index (κ2) is 7.36. The third-order valence-electron chi connectivity index (χ3n) is 5.05. The maximum absolute atomic E-state index is 14.8. The molecule has 10 heteroatoms. The number of imidazole rings is 1. The molecule has 2 amide bonds. The first-order valence-electron chi connectivity index (χ1n) is 8.56. The van der Waals surface area contributed by atoms with Crippen molar-refractivity contribution in [1.29, 1.82) is 0 Å².